The molecule has 3 nitrogen and oxygen atoms in total. The predicted molar refractivity (Wildman–Crippen MR) is 86.3 cm³/mol. The highest BCUT2D eigenvalue weighted by atomic mass is 35.5. The number of rotatable bonds is 3. The summed E-state index contributed by atoms with van der Waals surface area (Å²) >= 11 is 6.25. The van der Waals surface area contributed by atoms with Crippen molar-refractivity contribution in [3.05, 3.63) is 59.6 Å². The number of halogens is 1. The first-order chi connectivity index (χ1) is 10.7. The largest absolute Gasteiger partial charge is 0.496 e. The standard InChI is InChI=1S/C18H17ClO3/c1-21-16-6-3-2-5-12(16)9-14-10-13(11-15(19)18(14)20)17-7-4-8-22-17/h2-9,13,15H,10-11H2,1H3. The van der Waals surface area contributed by atoms with E-state index in [4.69, 9.17) is 20.8 Å². The fraction of sp³-hybridized carbons (Fsp3) is 0.278. The molecule has 2 atom stereocenters. The van der Waals surface area contributed by atoms with Crippen molar-refractivity contribution in [1.82, 2.24) is 0 Å². The molecule has 1 aliphatic carbocycles. The summed E-state index contributed by atoms with van der Waals surface area (Å²) in [5, 5.41) is -0.509. The molecule has 0 N–H and O–H groups in total. The van der Waals surface area contributed by atoms with Crippen molar-refractivity contribution in [2.75, 3.05) is 7.11 Å². The lowest BCUT2D eigenvalue weighted by molar-refractivity contribution is -0.116. The first-order valence-electron chi connectivity index (χ1n) is 7.24. The van der Waals surface area contributed by atoms with E-state index in [2.05, 4.69) is 0 Å². The summed E-state index contributed by atoms with van der Waals surface area (Å²) in [4.78, 5) is 12.4. The maximum absolute atomic E-state index is 12.4. The highest BCUT2D eigenvalue weighted by Gasteiger charge is 2.33. The van der Waals surface area contributed by atoms with Crippen LogP contribution < -0.4 is 4.74 Å². The molecule has 0 radical (unpaired) electrons. The second-order valence-electron chi connectivity index (χ2n) is 5.40. The van der Waals surface area contributed by atoms with Gasteiger partial charge in [-0.1, -0.05) is 18.2 Å². The summed E-state index contributed by atoms with van der Waals surface area (Å²) in [5.41, 5.74) is 1.61. The van der Waals surface area contributed by atoms with Gasteiger partial charge in [-0.15, -0.1) is 11.6 Å². The van der Waals surface area contributed by atoms with Crippen molar-refractivity contribution in [3.63, 3.8) is 0 Å². The van der Waals surface area contributed by atoms with Gasteiger partial charge in [0.25, 0.3) is 0 Å². The minimum absolute atomic E-state index is 0.00428. The maximum Gasteiger partial charge on any atom is 0.176 e. The molecular formula is C18H17ClO3. The van der Waals surface area contributed by atoms with Gasteiger partial charge in [-0.3, -0.25) is 4.79 Å². The molecule has 1 aliphatic rings. The van der Waals surface area contributed by atoms with Crippen LogP contribution in [0.4, 0.5) is 0 Å². The molecule has 0 bridgehead atoms. The third-order valence-corrected chi connectivity index (χ3v) is 4.35. The molecule has 1 heterocycles. The molecule has 3 rings (SSSR count). The fourth-order valence-corrected chi connectivity index (χ4v) is 3.21. The zero-order valence-electron chi connectivity index (χ0n) is 12.3. The Labute approximate surface area is 134 Å². The van der Waals surface area contributed by atoms with E-state index in [1.807, 2.05) is 42.5 Å². The summed E-state index contributed by atoms with van der Waals surface area (Å²) in [6.45, 7) is 0. The molecule has 1 aromatic heterocycles. The third kappa shape index (κ3) is 2.95. The van der Waals surface area contributed by atoms with Crippen molar-refractivity contribution in [1.29, 1.82) is 0 Å². The van der Waals surface area contributed by atoms with Gasteiger partial charge in [0.2, 0.25) is 0 Å². The lowest BCUT2D eigenvalue weighted by atomic mass is 9.82. The quantitative estimate of drug-likeness (QED) is 0.621. The first kappa shape index (κ1) is 14.9. The number of benzene rings is 1. The second-order valence-corrected chi connectivity index (χ2v) is 5.92. The van der Waals surface area contributed by atoms with Gasteiger partial charge in [-0.05, 0) is 42.7 Å². The van der Waals surface area contributed by atoms with Gasteiger partial charge in [0.05, 0.1) is 18.8 Å². The van der Waals surface area contributed by atoms with Crippen LogP contribution in [0.2, 0.25) is 0 Å². The van der Waals surface area contributed by atoms with Crippen LogP contribution in [0.3, 0.4) is 0 Å². The van der Waals surface area contributed by atoms with Crippen molar-refractivity contribution < 1.29 is 13.9 Å². The molecule has 4 heteroatoms. The zero-order valence-corrected chi connectivity index (χ0v) is 13.0. The van der Waals surface area contributed by atoms with E-state index >= 15 is 0 Å². The van der Waals surface area contributed by atoms with Gasteiger partial charge in [0.15, 0.2) is 5.78 Å². The number of methoxy groups -OCH3 is 1. The molecule has 22 heavy (non-hydrogen) atoms. The smallest absolute Gasteiger partial charge is 0.176 e. The van der Waals surface area contributed by atoms with Crippen molar-refractivity contribution >= 4 is 23.5 Å². The second kappa shape index (κ2) is 6.41. The van der Waals surface area contributed by atoms with E-state index in [1.165, 1.54) is 0 Å². The number of ether oxygens (including phenoxy) is 1. The van der Waals surface area contributed by atoms with Crippen LogP contribution in [0, 0.1) is 0 Å². The van der Waals surface area contributed by atoms with E-state index in [1.54, 1.807) is 13.4 Å². The number of alkyl halides is 1. The molecule has 0 spiro atoms. The van der Waals surface area contributed by atoms with Crippen LogP contribution in [0.15, 0.2) is 52.7 Å². The highest BCUT2D eigenvalue weighted by Crippen LogP contribution is 2.38. The average Bonchev–Trinajstić information content (AvgIpc) is 3.06. The Kier molecular flexibility index (Phi) is 4.34. The molecule has 2 unspecified atom stereocenters. The van der Waals surface area contributed by atoms with E-state index in [0.717, 1.165) is 22.6 Å². The average molecular weight is 317 g/mol. The third-order valence-electron chi connectivity index (χ3n) is 3.97. The molecular weight excluding hydrogens is 300 g/mol. The normalized spacial score (nSPS) is 23.7. The summed E-state index contributed by atoms with van der Waals surface area (Å²) in [6.07, 6.45) is 4.77. The number of para-hydroxylation sites is 1. The van der Waals surface area contributed by atoms with Crippen LogP contribution >= 0.6 is 11.6 Å². The molecule has 0 amide bonds. The Balaban J connectivity index is 1.93. The number of carbonyl (C=O) groups is 1. The van der Waals surface area contributed by atoms with E-state index < -0.39 is 5.38 Å². The van der Waals surface area contributed by atoms with Crippen molar-refractivity contribution in [2.45, 2.75) is 24.1 Å². The van der Waals surface area contributed by atoms with Gasteiger partial charge < -0.3 is 9.15 Å². The van der Waals surface area contributed by atoms with E-state index in [-0.39, 0.29) is 11.7 Å². The molecule has 0 saturated heterocycles. The molecule has 1 saturated carbocycles. The van der Waals surface area contributed by atoms with Gasteiger partial charge in [-0.25, -0.2) is 0 Å². The lowest BCUT2D eigenvalue weighted by Gasteiger charge is -2.25. The number of Topliss-reactive ketones (excluding diaryl/α,β-unsaturated/α-hetero) is 1. The van der Waals surface area contributed by atoms with E-state index in [0.29, 0.717) is 12.8 Å². The maximum atomic E-state index is 12.4. The van der Waals surface area contributed by atoms with Crippen LogP contribution in [0.5, 0.6) is 5.75 Å². The molecule has 2 aromatic rings. The van der Waals surface area contributed by atoms with Crippen LogP contribution in [0.25, 0.3) is 6.08 Å². The van der Waals surface area contributed by atoms with Crippen molar-refractivity contribution in [2.24, 2.45) is 0 Å². The van der Waals surface area contributed by atoms with Gasteiger partial charge in [-0.2, -0.15) is 0 Å². The number of furan rings is 1. The Morgan fingerprint density at radius 2 is 2.09 bits per heavy atom. The highest BCUT2D eigenvalue weighted by molar-refractivity contribution is 6.34. The van der Waals surface area contributed by atoms with Crippen LogP contribution in [-0.4, -0.2) is 18.3 Å². The number of hydrogen-bond acceptors (Lipinski definition) is 3. The van der Waals surface area contributed by atoms with Gasteiger partial charge in [0, 0.05) is 11.5 Å². The first-order valence-corrected chi connectivity index (χ1v) is 7.68. The summed E-state index contributed by atoms with van der Waals surface area (Å²) < 4.78 is 10.8. The lowest BCUT2D eigenvalue weighted by Crippen LogP contribution is -2.26. The van der Waals surface area contributed by atoms with Gasteiger partial charge in [0.1, 0.15) is 11.5 Å². The Hall–Kier alpha value is -2.00. The molecule has 114 valence electrons. The zero-order chi connectivity index (χ0) is 15.5. The van der Waals surface area contributed by atoms with Crippen LogP contribution in [-0.2, 0) is 4.79 Å². The molecule has 1 aromatic carbocycles. The van der Waals surface area contributed by atoms with Crippen molar-refractivity contribution in [3.8, 4) is 5.75 Å². The number of carbonyl (C=O) groups excluding carboxylic acids is 1. The summed E-state index contributed by atoms with van der Waals surface area (Å²) in [5.74, 6) is 1.75. The summed E-state index contributed by atoms with van der Waals surface area (Å²) in [7, 11) is 1.62. The summed E-state index contributed by atoms with van der Waals surface area (Å²) in [6, 6.07) is 11.4. The minimum atomic E-state index is -0.509. The number of ketones is 1. The fourth-order valence-electron chi connectivity index (χ4n) is 2.85. The van der Waals surface area contributed by atoms with Crippen LogP contribution in [0.1, 0.15) is 30.1 Å². The number of allylic oxidation sites excluding steroid dienone is 1. The molecule has 1 fully saturated rings. The van der Waals surface area contributed by atoms with E-state index in [9.17, 15) is 4.79 Å². The SMILES string of the molecule is COc1ccccc1C=C1CC(c2ccco2)CC(Cl)C1=O. The predicted octanol–water partition coefficient (Wildman–Crippen LogP) is 4.43. The van der Waals surface area contributed by atoms with Gasteiger partial charge >= 0.3 is 0 Å². The Bertz CT molecular complexity index is 688. The Morgan fingerprint density at radius 3 is 2.82 bits per heavy atom. The monoisotopic (exact) mass is 316 g/mol. The molecule has 0 aliphatic heterocycles. The Morgan fingerprint density at radius 1 is 1.27 bits per heavy atom. The topological polar surface area (TPSA) is 39.4 Å². The minimum Gasteiger partial charge on any atom is -0.496 e. The number of hydrogen-bond donors (Lipinski definition) is 0.